The topological polar surface area (TPSA) is 71.4 Å². The van der Waals surface area contributed by atoms with Gasteiger partial charge in [0, 0.05) is 31.8 Å². The first-order valence-corrected chi connectivity index (χ1v) is 13.3. The van der Waals surface area contributed by atoms with Crippen molar-refractivity contribution in [3.8, 4) is 11.5 Å². The first kappa shape index (κ1) is 27.3. The van der Waals surface area contributed by atoms with Crippen molar-refractivity contribution in [2.24, 2.45) is 4.99 Å². The molecule has 202 valence electrons. The van der Waals surface area contributed by atoms with Gasteiger partial charge in [-0.15, -0.1) is 0 Å². The summed E-state index contributed by atoms with van der Waals surface area (Å²) in [6.45, 7) is 1.88. The first-order valence-electron chi connectivity index (χ1n) is 11.7. The number of hydrogen-bond acceptors (Lipinski definition) is 6. The maximum atomic E-state index is 14.9. The fourth-order valence-electron chi connectivity index (χ4n) is 4.34. The summed E-state index contributed by atoms with van der Waals surface area (Å²) in [5.41, 5.74) is -0.394. The van der Waals surface area contributed by atoms with Crippen molar-refractivity contribution in [2.45, 2.75) is 25.6 Å². The molecule has 4 rings (SSSR count). The van der Waals surface area contributed by atoms with Crippen LogP contribution in [0.2, 0.25) is 0 Å². The van der Waals surface area contributed by atoms with Crippen LogP contribution in [-0.4, -0.2) is 50.6 Å². The number of nitrogens with zero attached hydrogens (tertiary/aromatic N) is 3. The highest BCUT2D eigenvalue weighted by Gasteiger charge is 2.44. The van der Waals surface area contributed by atoms with Crippen LogP contribution in [0, 0.1) is 17.5 Å². The molecule has 0 saturated heterocycles. The Hall–Kier alpha value is -3.73. The van der Waals surface area contributed by atoms with E-state index in [9.17, 15) is 21.6 Å². The number of halogens is 3. The molecule has 0 saturated carbocycles. The van der Waals surface area contributed by atoms with Crippen molar-refractivity contribution in [3.05, 3.63) is 94.8 Å². The molecular weight excluding hydrogens is 519 g/mol. The summed E-state index contributed by atoms with van der Waals surface area (Å²) in [5.74, 6) is -3.00. The quantitative estimate of drug-likeness (QED) is 0.402. The molecule has 11 heteroatoms. The lowest BCUT2D eigenvalue weighted by atomic mass is 9.94. The van der Waals surface area contributed by atoms with Gasteiger partial charge in [0.15, 0.2) is 11.6 Å². The fraction of sp³-hybridized carbons (Fsp3) is 0.296. The Balaban J connectivity index is 1.83. The zero-order chi connectivity index (χ0) is 27.7. The molecule has 1 aliphatic rings. The second kappa shape index (κ2) is 10.6. The summed E-state index contributed by atoms with van der Waals surface area (Å²) in [5, 5.41) is 0. The third-order valence-electron chi connectivity index (χ3n) is 6.45. The van der Waals surface area contributed by atoms with Crippen LogP contribution >= 0.6 is 0 Å². The van der Waals surface area contributed by atoms with Crippen molar-refractivity contribution >= 4 is 16.0 Å². The Morgan fingerprint density at radius 2 is 1.34 bits per heavy atom. The van der Waals surface area contributed by atoms with Gasteiger partial charge in [-0.3, -0.25) is 0 Å². The second-order valence-corrected chi connectivity index (χ2v) is 11.2. The van der Waals surface area contributed by atoms with E-state index in [0.717, 1.165) is 15.4 Å². The van der Waals surface area contributed by atoms with E-state index in [1.807, 2.05) is 24.3 Å². The normalized spacial score (nSPS) is 18.6. The van der Waals surface area contributed by atoms with Crippen molar-refractivity contribution in [1.29, 1.82) is 0 Å². The zero-order valence-corrected chi connectivity index (χ0v) is 22.2. The van der Waals surface area contributed by atoms with Crippen LogP contribution in [0.25, 0.3) is 0 Å². The van der Waals surface area contributed by atoms with Gasteiger partial charge in [-0.25, -0.2) is 30.9 Å². The SMILES string of the molecule is COc1ccc(CN(Cc2ccc(OC)cc2)C2=N[C@](C)(c3cc(F)c(F)cc3F)CS(=O)(=O)N2C)cc1. The summed E-state index contributed by atoms with van der Waals surface area (Å²) in [7, 11) is 0.457. The number of hydrogen-bond donors (Lipinski definition) is 0. The summed E-state index contributed by atoms with van der Waals surface area (Å²) >= 11 is 0. The predicted octanol–water partition coefficient (Wildman–Crippen LogP) is 4.67. The van der Waals surface area contributed by atoms with Crippen LogP contribution in [0.5, 0.6) is 11.5 Å². The lowest BCUT2D eigenvalue weighted by Gasteiger charge is -2.40. The molecule has 38 heavy (non-hydrogen) atoms. The van der Waals surface area contributed by atoms with Crippen LogP contribution < -0.4 is 9.47 Å². The van der Waals surface area contributed by atoms with E-state index < -0.39 is 38.8 Å². The molecule has 1 aliphatic heterocycles. The molecule has 3 aromatic carbocycles. The molecule has 0 N–H and O–H groups in total. The first-order chi connectivity index (χ1) is 18.0. The van der Waals surface area contributed by atoms with Crippen LogP contribution in [-0.2, 0) is 28.7 Å². The minimum absolute atomic E-state index is 0.0366. The lowest BCUT2D eigenvalue weighted by molar-refractivity contribution is 0.344. The largest absolute Gasteiger partial charge is 0.497 e. The smallest absolute Gasteiger partial charge is 0.239 e. The zero-order valence-electron chi connectivity index (χ0n) is 21.4. The molecule has 0 unspecified atom stereocenters. The molecule has 1 heterocycles. The Morgan fingerprint density at radius 3 is 1.82 bits per heavy atom. The molecule has 0 spiro atoms. The number of methoxy groups -OCH3 is 2. The molecular formula is C27H28F3N3O4S. The Bertz CT molecular complexity index is 1400. The summed E-state index contributed by atoms with van der Waals surface area (Å²) < 4.78 is 80.8. The second-order valence-electron chi connectivity index (χ2n) is 9.21. The summed E-state index contributed by atoms with van der Waals surface area (Å²) in [6, 6.07) is 15.6. The van der Waals surface area contributed by atoms with Gasteiger partial charge < -0.3 is 14.4 Å². The molecule has 1 atom stereocenters. The maximum Gasteiger partial charge on any atom is 0.239 e. The molecule has 0 amide bonds. The van der Waals surface area contributed by atoms with E-state index in [-0.39, 0.29) is 24.6 Å². The highest BCUT2D eigenvalue weighted by molar-refractivity contribution is 7.89. The minimum Gasteiger partial charge on any atom is -0.497 e. The third-order valence-corrected chi connectivity index (χ3v) is 8.37. The van der Waals surface area contributed by atoms with Crippen molar-refractivity contribution in [3.63, 3.8) is 0 Å². The Labute approximate surface area is 220 Å². The summed E-state index contributed by atoms with van der Waals surface area (Å²) in [4.78, 5) is 6.40. The molecule has 0 radical (unpaired) electrons. The van der Waals surface area contributed by atoms with Crippen molar-refractivity contribution in [1.82, 2.24) is 9.21 Å². The highest BCUT2D eigenvalue weighted by Crippen LogP contribution is 2.36. The fourth-order valence-corrected chi connectivity index (χ4v) is 5.87. The van der Waals surface area contributed by atoms with E-state index in [2.05, 4.69) is 4.99 Å². The summed E-state index contributed by atoms with van der Waals surface area (Å²) in [6.07, 6.45) is 0. The maximum absolute atomic E-state index is 14.9. The number of sulfonamides is 1. The number of ether oxygens (including phenoxy) is 2. The van der Waals surface area contributed by atoms with Gasteiger partial charge in [-0.1, -0.05) is 24.3 Å². The molecule has 3 aromatic rings. The molecule has 0 fully saturated rings. The average molecular weight is 548 g/mol. The number of rotatable bonds is 7. The van der Waals surface area contributed by atoms with Gasteiger partial charge in [-0.2, -0.15) is 0 Å². The van der Waals surface area contributed by atoms with Crippen LogP contribution in [0.15, 0.2) is 65.7 Å². The van der Waals surface area contributed by atoms with Gasteiger partial charge >= 0.3 is 0 Å². The van der Waals surface area contributed by atoms with Crippen molar-refractivity contribution in [2.75, 3.05) is 27.0 Å². The van der Waals surface area contributed by atoms with E-state index in [0.29, 0.717) is 23.6 Å². The van der Waals surface area contributed by atoms with Crippen LogP contribution in [0.1, 0.15) is 23.6 Å². The Morgan fingerprint density at radius 1 is 0.868 bits per heavy atom. The number of guanidine groups is 1. The average Bonchev–Trinajstić information content (AvgIpc) is 2.88. The van der Waals surface area contributed by atoms with E-state index in [4.69, 9.17) is 9.47 Å². The van der Waals surface area contributed by atoms with Gasteiger partial charge in [0.25, 0.3) is 0 Å². The third kappa shape index (κ3) is 5.57. The molecule has 0 bridgehead atoms. The van der Waals surface area contributed by atoms with E-state index in [1.54, 1.807) is 43.4 Å². The molecule has 0 aromatic heterocycles. The van der Waals surface area contributed by atoms with Crippen molar-refractivity contribution < 1.29 is 31.1 Å². The number of aliphatic imine (C=N–C) groups is 1. The predicted molar refractivity (Wildman–Crippen MR) is 138 cm³/mol. The van der Waals surface area contributed by atoms with Gasteiger partial charge in [0.05, 0.1) is 20.0 Å². The van der Waals surface area contributed by atoms with Gasteiger partial charge in [-0.05, 0) is 48.4 Å². The monoisotopic (exact) mass is 547 g/mol. The van der Waals surface area contributed by atoms with Crippen LogP contribution in [0.3, 0.4) is 0 Å². The molecule has 7 nitrogen and oxygen atoms in total. The standard InChI is InChI=1S/C27H28F3N3O4S/c1-27(22-13-24(29)25(30)14-23(22)28)17-38(34,35)32(2)26(31-27)33(15-18-5-9-20(36-3)10-6-18)16-19-7-11-21(37-4)12-8-19/h5-14H,15-17H2,1-4H3/t27-/m0/s1. The minimum atomic E-state index is -4.02. The Kier molecular flexibility index (Phi) is 7.59. The molecule has 0 aliphatic carbocycles. The highest BCUT2D eigenvalue weighted by atomic mass is 32.2. The van der Waals surface area contributed by atoms with Crippen LogP contribution in [0.4, 0.5) is 13.2 Å². The lowest BCUT2D eigenvalue weighted by Crippen LogP contribution is -2.53. The van der Waals surface area contributed by atoms with E-state index in [1.165, 1.54) is 14.0 Å². The number of benzene rings is 3. The van der Waals surface area contributed by atoms with Gasteiger partial charge in [0.2, 0.25) is 16.0 Å². The van der Waals surface area contributed by atoms with Gasteiger partial charge in [0.1, 0.15) is 22.9 Å². The van der Waals surface area contributed by atoms with E-state index >= 15 is 0 Å².